The Bertz CT molecular complexity index is 530. The third-order valence-corrected chi connectivity index (χ3v) is 3.72. The summed E-state index contributed by atoms with van der Waals surface area (Å²) in [5.41, 5.74) is 2.73. The fourth-order valence-electron chi connectivity index (χ4n) is 2.73. The first-order chi connectivity index (χ1) is 8.86. The van der Waals surface area contributed by atoms with Crippen LogP contribution in [0.3, 0.4) is 0 Å². The van der Waals surface area contributed by atoms with Gasteiger partial charge in [0.1, 0.15) is 5.82 Å². The van der Waals surface area contributed by atoms with Crippen LogP contribution in [0.5, 0.6) is 0 Å². The van der Waals surface area contributed by atoms with Gasteiger partial charge in [0.15, 0.2) is 0 Å². The van der Waals surface area contributed by atoms with Crippen LogP contribution in [0, 0.1) is 5.92 Å². The molecule has 1 aromatic carbocycles. The Kier molecular flexibility index (Phi) is 3.05. The molecule has 0 spiro atoms. The number of nitrogens with one attached hydrogen (secondary N) is 1. The van der Waals surface area contributed by atoms with Crippen LogP contribution in [-0.2, 0) is 19.4 Å². The number of nitrogens with zero attached hydrogens (tertiary/aromatic N) is 2. The molecular formula is C15H19N3. The zero-order chi connectivity index (χ0) is 12.4. The largest absolute Gasteiger partial charge is 0.385 e. The van der Waals surface area contributed by atoms with E-state index in [0.717, 1.165) is 25.9 Å². The van der Waals surface area contributed by atoms with E-state index >= 15 is 0 Å². The highest BCUT2D eigenvalue weighted by Crippen LogP contribution is 2.25. The molecular weight excluding hydrogens is 222 g/mol. The first-order valence-corrected chi connectivity index (χ1v) is 6.68. The second-order valence-corrected chi connectivity index (χ2v) is 4.94. The van der Waals surface area contributed by atoms with E-state index in [1.54, 1.807) is 0 Å². The van der Waals surface area contributed by atoms with Gasteiger partial charge in [0.05, 0.1) is 0 Å². The molecule has 0 bridgehead atoms. The second kappa shape index (κ2) is 4.84. The van der Waals surface area contributed by atoms with E-state index in [4.69, 9.17) is 0 Å². The molecule has 94 valence electrons. The Morgan fingerprint density at radius 1 is 1.39 bits per heavy atom. The van der Waals surface area contributed by atoms with E-state index in [0.29, 0.717) is 5.92 Å². The standard InChI is InChI=1S/C15H19N3/c1-2-18-8-7-16-15(18)10-12-9-13-5-3-4-6-14(13)17-11-12/h3-8,12,17H,2,9-11H2,1H3. The van der Waals surface area contributed by atoms with E-state index in [1.165, 1.54) is 17.1 Å². The third kappa shape index (κ3) is 2.13. The summed E-state index contributed by atoms with van der Waals surface area (Å²) in [4.78, 5) is 4.47. The van der Waals surface area contributed by atoms with Gasteiger partial charge in [0.2, 0.25) is 0 Å². The number of hydrogen-bond donors (Lipinski definition) is 1. The van der Waals surface area contributed by atoms with E-state index in [2.05, 4.69) is 52.3 Å². The number of para-hydroxylation sites is 1. The van der Waals surface area contributed by atoms with Crippen molar-refractivity contribution < 1.29 is 0 Å². The van der Waals surface area contributed by atoms with Crippen LogP contribution in [0.25, 0.3) is 0 Å². The van der Waals surface area contributed by atoms with Crippen molar-refractivity contribution in [3.8, 4) is 0 Å². The van der Waals surface area contributed by atoms with Gasteiger partial charge in [-0.15, -0.1) is 0 Å². The van der Waals surface area contributed by atoms with Crippen molar-refractivity contribution in [1.82, 2.24) is 9.55 Å². The van der Waals surface area contributed by atoms with Gasteiger partial charge in [0, 0.05) is 37.6 Å². The summed E-state index contributed by atoms with van der Waals surface area (Å²) >= 11 is 0. The van der Waals surface area contributed by atoms with Crippen molar-refractivity contribution >= 4 is 5.69 Å². The van der Waals surface area contributed by atoms with E-state index in [9.17, 15) is 0 Å². The van der Waals surface area contributed by atoms with Gasteiger partial charge in [0.25, 0.3) is 0 Å². The fraction of sp³-hybridized carbons (Fsp3) is 0.400. The van der Waals surface area contributed by atoms with Gasteiger partial charge in [-0.25, -0.2) is 4.98 Å². The van der Waals surface area contributed by atoms with E-state index < -0.39 is 0 Å². The SMILES string of the molecule is CCn1ccnc1CC1CNc2ccccc2C1. The van der Waals surface area contributed by atoms with Gasteiger partial charge in [-0.05, 0) is 30.9 Å². The lowest BCUT2D eigenvalue weighted by Gasteiger charge is -2.26. The fourth-order valence-corrected chi connectivity index (χ4v) is 2.73. The van der Waals surface area contributed by atoms with Crippen LogP contribution in [0.4, 0.5) is 5.69 Å². The van der Waals surface area contributed by atoms with Gasteiger partial charge >= 0.3 is 0 Å². The smallest absolute Gasteiger partial charge is 0.108 e. The number of fused-ring (bicyclic) bond motifs is 1. The molecule has 0 aliphatic carbocycles. The first kappa shape index (κ1) is 11.3. The average molecular weight is 241 g/mol. The molecule has 1 aromatic heterocycles. The van der Waals surface area contributed by atoms with Crippen molar-refractivity contribution in [2.24, 2.45) is 5.92 Å². The topological polar surface area (TPSA) is 29.9 Å². The molecule has 0 fully saturated rings. The molecule has 2 aromatic rings. The van der Waals surface area contributed by atoms with Crippen molar-refractivity contribution in [2.75, 3.05) is 11.9 Å². The number of rotatable bonds is 3. The normalized spacial score (nSPS) is 18.2. The lowest BCUT2D eigenvalue weighted by atomic mass is 9.91. The van der Waals surface area contributed by atoms with Gasteiger partial charge in [-0.1, -0.05) is 18.2 Å². The number of hydrogen-bond acceptors (Lipinski definition) is 2. The average Bonchev–Trinajstić information content (AvgIpc) is 2.86. The summed E-state index contributed by atoms with van der Waals surface area (Å²) in [5.74, 6) is 1.86. The van der Waals surface area contributed by atoms with Crippen LogP contribution in [0.1, 0.15) is 18.3 Å². The minimum absolute atomic E-state index is 0.646. The Morgan fingerprint density at radius 2 is 2.28 bits per heavy atom. The molecule has 3 nitrogen and oxygen atoms in total. The zero-order valence-electron chi connectivity index (χ0n) is 10.8. The highest BCUT2D eigenvalue weighted by molar-refractivity contribution is 5.53. The van der Waals surface area contributed by atoms with Crippen LogP contribution in [0.2, 0.25) is 0 Å². The highest BCUT2D eigenvalue weighted by Gasteiger charge is 2.19. The molecule has 0 saturated carbocycles. The second-order valence-electron chi connectivity index (χ2n) is 4.94. The Labute approximate surface area is 108 Å². The maximum atomic E-state index is 4.47. The molecule has 1 unspecified atom stereocenters. The Balaban J connectivity index is 1.73. The van der Waals surface area contributed by atoms with E-state index in [1.807, 2.05) is 6.20 Å². The molecule has 3 rings (SSSR count). The maximum Gasteiger partial charge on any atom is 0.108 e. The summed E-state index contributed by atoms with van der Waals surface area (Å²) in [6, 6.07) is 8.60. The summed E-state index contributed by atoms with van der Waals surface area (Å²) in [6.07, 6.45) is 6.19. The van der Waals surface area contributed by atoms with Crippen LogP contribution >= 0.6 is 0 Å². The summed E-state index contributed by atoms with van der Waals surface area (Å²) in [5, 5.41) is 3.53. The monoisotopic (exact) mass is 241 g/mol. The zero-order valence-corrected chi connectivity index (χ0v) is 10.8. The van der Waals surface area contributed by atoms with Crippen LogP contribution < -0.4 is 5.32 Å². The first-order valence-electron chi connectivity index (χ1n) is 6.68. The van der Waals surface area contributed by atoms with Crippen molar-refractivity contribution in [1.29, 1.82) is 0 Å². The number of aryl methyl sites for hydroxylation is 1. The minimum Gasteiger partial charge on any atom is -0.385 e. The highest BCUT2D eigenvalue weighted by atomic mass is 15.1. The van der Waals surface area contributed by atoms with Gasteiger partial charge in [-0.3, -0.25) is 0 Å². The number of imidazole rings is 1. The quantitative estimate of drug-likeness (QED) is 0.895. The Morgan fingerprint density at radius 3 is 3.17 bits per heavy atom. The van der Waals surface area contributed by atoms with Crippen LogP contribution in [-0.4, -0.2) is 16.1 Å². The van der Waals surface area contributed by atoms with Crippen molar-refractivity contribution in [3.63, 3.8) is 0 Å². The maximum absolute atomic E-state index is 4.47. The van der Waals surface area contributed by atoms with Crippen molar-refractivity contribution in [3.05, 3.63) is 48.0 Å². The summed E-state index contributed by atoms with van der Waals surface area (Å²) < 4.78 is 2.24. The van der Waals surface area contributed by atoms with Crippen LogP contribution in [0.15, 0.2) is 36.7 Å². The molecule has 18 heavy (non-hydrogen) atoms. The lowest BCUT2D eigenvalue weighted by Crippen LogP contribution is -2.25. The predicted molar refractivity (Wildman–Crippen MR) is 73.7 cm³/mol. The molecule has 1 aliphatic heterocycles. The van der Waals surface area contributed by atoms with Crippen molar-refractivity contribution in [2.45, 2.75) is 26.3 Å². The molecule has 1 atom stereocenters. The lowest BCUT2D eigenvalue weighted by molar-refractivity contribution is 0.505. The predicted octanol–water partition coefficient (Wildman–Crippen LogP) is 2.73. The summed E-state index contributed by atoms with van der Waals surface area (Å²) in [7, 11) is 0. The van der Waals surface area contributed by atoms with E-state index in [-0.39, 0.29) is 0 Å². The van der Waals surface area contributed by atoms with Gasteiger partial charge < -0.3 is 9.88 Å². The number of aromatic nitrogens is 2. The third-order valence-electron chi connectivity index (χ3n) is 3.72. The molecule has 1 N–H and O–H groups in total. The number of benzene rings is 1. The Hall–Kier alpha value is -1.77. The molecule has 2 heterocycles. The number of anilines is 1. The molecule has 3 heteroatoms. The molecule has 0 saturated heterocycles. The molecule has 0 radical (unpaired) electrons. The minimum atomic E-state index is 0.646. The summed E-state index contributed by atoms with van der Waals surface area (Å²) in [6.45, 7) is 4.22. The van der Waals surface area contributed by atoms with Gasteiger partial charge in [-0.2, -0.15) is 0 Å². The molecule has 1 aliphatic rings. The molecule has 0 amide bonds.